The minimum atomic E-state index is -0.151. The molecule has 4 nitrogen and oxygen atoms in total. The summed E-state index contributed by atoms with van der Waals surface area (Å²) in [6.45, 7) is 5.26. The molecule has 0 bridgehead atoms. The molecule has 1 aromatic heterocycles. The van der Waals surface area contributed by atoms with Crippen LogP contribution in [0.1, 0.15) is 13.8 Å². The third kappa shape index (κ3) is 5.01. The minimum absolute atomic E-state index is 0.151. The normalized spacial score (nSPS) is 11.2. The largest absolute Gasteiger partial charge is 0.352 e. The summed E-state index contributed by atoms with van der Waals surface area (Å²) in [6.07, 6.45) is 1.85. The van der Waals surface area contributed by atoms with E-state index in [1.807, 2.05) is 20.1 Å². The maximum atomic E-state index is 5.45. The smallest absolute Gasteiger partial charge is 0.175 e. The van der Waals surface area contributed by atoms with E-state index in [1.54, 1.807) is 34.9 Å². The number of hydrogen-bond acceptors (Lipinski definition) is 7. The van der Waals surface area contributed by atoms with Crippen LogP contribution in [0.5, 0.6) is 0 Å². The Bertz CT molecular complexity index is 290. The van der Waals surface area contributed by atoms with Gasteiger partial charge in [-0.2, -0.15) is 0 Å². The van der Waals surface area contributed by atoms with E-state index in [-0.39, 0.29) is 6.29 Å². The van der Waals surface area contributed by atoms with Gasteiger partial charge in [0.1, 0.15) is 0 Å². The van der Waals surface area contributed by atoms with Gasteiger partial charge in [-0.25, -0.2) is 0 Å². The van der Waals surface area contributed by atoms with Gasteiger partial charge in [-0.15, -0.1) is 10.2 Å². The topological polar surface area (TPSA) is 44.2 Å². The van der Waals surface area contributed by atoms with Crippen LogP contribution in [0.15, 0.2) is 8.68 Å². The number of ether oxygens (including phenoxy) is 2. The zero-order valence-corrected chi connectivity index (χ0v) is 12.1. The Kier molecular flexibility index (Phi) is 7.39. The summed E-state index contributed by atoms with van der Waals surface area (Å²) in [7, 11) is 0. The monoisotopic (exact) mass is 280 g/mol. The van der Waals surface area contributed by atoms with Crippen LogP contribution in [-0.4, -0.2) is 41.7 Å². The fourth-order valence-electron chi connectivity index (χ4n) is 0.993. The van der Waals surface area contributed by atoms with Gasteiger partial charge in [0.2, 0.25) is 0 Å². The first kappa shape index (κ1) is 14.2. The van der Waals surface area contributed by atoms with Gasteiger partial charge in [0, 0.05) is 13.2 Å². The van der Waals surface area contributed by atoms with Crippen molar-refractivity contribution in [3.63, 3.8) is 0 Å². The van der Waals surface area contributed by atoms with E-state index in [2.05, 4.69) is 10.2 Å². The van der Waals surface area contributed by atoms with Crippen LogP contribution in [-0.2, 0) is 9.47 Å². The molecule has 0 unspecified atom stereocenters. The lowest BCUT2D eigenvalue weighted by molar-refractivity contribution is -0.120. The van der Waals surface area contributed by atoms with Crippen molar-refractivity contribution in [3.8, 4) is 0 Å². The molecule has 1 rings (SSSR count). The maximum absolute atomic E-state index is 5.45. The highest BCUT2D eigenvalue weighted by atomic mass is 32.2. The molecule has 0 fully saturated rings. The van der Waals surface area contributed by atoms with Gasteiger partial charge in [-0.05, 0) is 20.1 Å². The van der Waals surface area contributed by atoms with Crippen molar-refractivity contribution in [1.82, 2.24) is 10.2 Å². The van der Waals surface area contributed by atoms with Gasteiger partial charge in [-0.3, -0.25) is 0 Å². The molecule has 0 atom stereocenters. The molecule has 0 N–H and O–H groups in total. The lowest BCUT2D eigenvalue weighted by Gasteiger charge is -2.15. The third-order valence-corrected chi connectivity index (χ3v) is 4.67. The first-order valence-corrected chi connectivity index (χ1v) is 8.06. The van der Waals surface area contributed by atoms with E-state index in [0.29, 0.717) is 13.2 Å². The summed E-state index contributed by atoms with van der Waals surface area (Å²) in [4.78, 5) is 0. The van der Waals surface area contributed by atoms with Crippen LogP contribution >= 0.6 is 34.9 Å². The fraction of sp³-hybridized carbons (Fsp3) is 0.778. The van der Waals surface area contributed by atoms with Gasteiger partial charge in [0.25, 0.3) is 0 Å². The summed E-state index contributed by atoms with van der Waals surface area (Å²) in [5.41, 5.74) is 0. The van der Waals surface area contributed by atoms with Gasteiger partial charge < -0.3 is 9.47 Å². The van der Waals surface area contributed by atoms with Crippen molar-refractivity contribution in [2.75, 3.05) is 25.2 Å². The highest BCUT2D eigenvalue weighted by molar-refractivity contribution is 8.02. The van der Waals surface area contributed by atoms with Crippen molar-refractivity contribution < 1.29 is 9.47 Å². The number of hydrogen-bond donors (Lipinski definition) is 0. The highest BCUT2D eigenvalue weighted by Gasteiger charge is 2.11. The Balaban J connectivity index is 2.35. The fourth-order valence-corrected chi connectivity index (χ4v) is 3.40. The first-order valence-electron chi connectivity index (χ1n) is 5.03. The molecule has 0 saturated heterocycles. The standard InChI is InChI=1S/C9H16N2O2S3/c1-4-12-7(13-5-2)6-15-9-11-10-8(14-3)16-9/h7H,4-6H2,1-3H3. The van der Waals surface area contributed by atoms with Crippen molar-refractivity contribution in [2.45, 2.75) is 28.8 Å². The number of rotatable bonds is 8. The molecule has 1 heterocycles. The van der Waals surface area contributed by atoms with E-state index >= 15 is 0 Å². The second-order valence-corrected chi connectivity index (χ2v) is 5.99. The predicted molar refractivity (Wildman–Crippen MR) is 69.5 cm³/mol. The van der Waals surface area contributed by atoms with Gasteiger partial charge in [0.05, 0.1) is 5.75 Å². The molecule has 92 valence electrons. The summed E-state index contributed by atoms with van der Waals surface area (Å²) in [5, 5.41) is 8.11. The zero-order valence-electron chi connectivity index (χ0n) is 9.63. The Morgan fingerprint density at radius 3 is 2.31 bits per heavy atom. The van der Waals surface area contributed by atoms with E-state index in [0.717, 1.165) is 14.4 Å². The lowest BCUT2D eigenvalue weighted by atomic mass is 10.7. The van der Waals surface area contributed by atoms with Gasteiger partial charge in [0.15, 0.2) is 15.0 Å². The van der Waals surface area contributed by atoms with E-state index in [4.69, 9.17) is 9.47 Å². The second-order valence-electron chi connectivity index (χ2n) is 2.69. The second kappa shape index (κ2) is 8.30. The van der Waals surface area contributed by atoms with E-state index < -0.39 is 0 Å². The van der Waals surface area contributed by atoms with Crippen LogP contribution in [0.4, 0.5) is 0 Å². The van der Waals surface area contributed by atoms with Gasteiger partial charge in [-0.1, -0.05) is 34.9 Å². The average molecular weight is 280 g/mol. The maximum Gasteiger partial charge on any atom is 0.175 e. The molecule has 0 aliphatic rings. The molecule has 0 aromatic carbocycles. The summed E-state index contributed by atoms with van der Waals surface area (Å²) >= 11 is 4.84. The van der Waals surface area contributed by atoms with Crippen LogP contribution in [0.2, 0.25) is 0 Å². The van der Waals surface area contributed by atoms with Gasteiger partial charge >= 0.3 is 0 Å². The molecule has 0 radical (unpaired) electrons. The molecule has 1 aromatic rings. The molecule has 0 amide bonds. The molecular weight excluding hydrogens is 264 g/mol. The quantitative estimate of drug-likeness (QED) is 0.539. The molecule has 0 aliphatic carbocycles. The van der Waals surface area contributed by atoms with Crippen LogP contribution < -0.4 is 0 Å². The average Bonchev–Trinajstić information content (AvgIpc) is 2.74. The number of nitrogens with zero attached hydrogens (tertiary/aromatic N) is 2. The predicted octanol–water partition coefficient (Wildman–Crippen LogP) is 2.75. The summed E-state index contributed by atoms with van der Waals surface area (Å²) < 4.78 is 12.8. The molecule has 16 heavy (non-hydrogen) atoms. The van der Waals surface area contributed by atoms with Crippen LogP contribution in [0, 0.1) is 0 Å². The number of aromatic nitrogens is 2. The highest BCUT2D eigenvalue weighted by Crippen LogP contribution is 2.28. The third-order valence-electron chi connectivity index (χ3n) is 1.61. The first-order chi connectivity index (χ1) is 7.80. The van der Waals surface area contributed by atoms with Crippen LogP contribution in [0.25, 0.3) is 0 Å². The summed E-state index contributed by atoms with van der Waals surface area (Å²) in [6, 6.07) is 0. The minimum Gasteiger partial charge on any atom is -0.352 e. The molecule has 0 aliphatic heterocycles. The van der Waals surface area contributed by atoms with Crippen molar-refractivity contribution in [1.29, 1.82) is 0 Å². The SMILES string of the molecule is CCOC(CSc1nnc(SC)s1)OCC. The van der Waals surface area contributed by atoms with E-state index in [9.17, 15) is 0 Å². The molecule has 0 saturated carbocycles. The number of thioether (sulfide) groups is 2. The Morgan fingerprint density at radius 2 is 1.81 bits per heavy atom. The Morgan fingerprint density at radius 1 is 1.19 bits per heavy atom. The Labute approximate surface area is 109 Å². The van der Waals surface area contributed by atoms with E-state index in [1.165, 1.54) is 0 Å². The zero-order chi connectivity index (χ0) is 11.8. The van der Waals surface area contributed by atoms with Crippen molar-refractivity contribution in [3.05, 3.63) is 0 Å². The molecular formula is C9H16N2O2S3. The van der Waals surface area contributed by atoms with Crippen molar-refractivity contribution in [2.24, 2.45) is 0 Å². The van der Waals surface area contributed by atoms with Crippen molar-refractivity contribution >= 4 is 34.9 Å². The Hall–Kier alpha value is 0.180. The summed E-state index contributed by atoms with van der Waals surface area (Å²) in [5.74, 6) is 0.755. The molecule has 7 heteroatoms. The molecule has 0 spiro atoms. The lowest BCUT2D eigenvalue weighted by Crippen LogP contribution is -2.19. The van der Waals surface area contributed by atoms with Crippen LogP contribution in [0.3, 0.4) is 0 Å².